The van der Waals surface area contributed by atoms with Crippen molar-refractivity contribution >= 4 is 23.5 Å². The Morgan fingerprint density at radius 2 is 1.79 bits per heavy atom. The van der Waals surface area contributed by atoms with Crippen LogP contribution in [0.1, 0.15) is 35.2 Å². The van der Waals surface area contributed by atoms with Crippen molar-refractivity contribution in [3.8, 4) is 6.07 Å². The van der Waals surface area contributed by atoms with Crippen molar-refractivity contribution in [1.29, 1.82) is 5.26 Å². The molecule has 2 aliphatic heterocycles. The number of halogens is 3. The van der Waals surface area contributed by atoms with Gasteiger partial charge in [0.25, 0.3) is 5.91 Å². The number of aliphatic carboxylic acids is 1. The third kappa shape index (κ3) is 5.28. The average Bonchev–Trinajstić information content (AvgIpc) is 3.23. The molecule has 3 heterocycles. The van der Waals surface area contributed by atoms with Crippen molar-refractivity contribution in [3.05, 3.63) is 59.9 Å². The number of nitrogens with zero attached hydrogens (tertiary/aromatic N) is 4. The fraction of sp³-hybridized carbons (Fsp3) is 0.318. The molecule has 2 amide bonds. The maximum Gasteiger partial charge on any atom is 0.490 e. The number of fused-ring (bicyclic) bond motifs is 1. The Kier molecular flexibility index (Phi) is 6.96. The number of carbonyl (C=O) groups excluding carboxylic acids is 2. The standard InChI is InChI=1S/C20H18N4O2.C2HF3O2/c21-12-14-3-5-15(6-4-14)20(26)23-11-9-18-17(23)7-8-19(25)24(18)16-2-1-10-22-13-16;3-2(4,5)1(6)7/h1-6,10,13,17-18H,7-9,11H2;(H,6,7)/t17-,18-;/m0./s1. The normalized spacial score (nSPS) is 19.8. The summed E-state index contributed by atoms with van der Waals surface area (Å²) < 4.78 is 31.7. The van der Waals surface area contributed by atoms with Crippen LogP contribution >= 0.6 is 0 Å². The topological polar surface area (TPSA) is 115 Å². The zero-order valence-corrected chi connectivity index (χ0v) is 17.2. The minimum absolute atomic E-state index is 0.0102. The number of carboxylic acid groups (broad SMARTS) is 1. The van der Waals surface area contributed by atoms with Gasteiger partial charge in [-0.1, -0.05) is 0 Å². The molecule has 2 saturated heterocycles. The number of anilines is 1. The molecule has 0 unspecified atom stereocenters. The molecule has 2 fully saturated rings. The van der Waals surface area contributed by atoms with Crippen LogP contribution in [0.15, 0.2) is 48.8 Å². The molecule has 0 radical (unpaired) electrons. The minimum Gasteiger partial charge on any atom is -0.475 e. The molecule has 2 aliphatic rings. The number of hydrogen-bond acceptors (Lipinski definition) is 5. The molecule has 8 nitrogen and oxygen atoms in total. The average molecular weight is 460 g/mol. The minimum atomic E-state index is -5.08. The van der Waals surface area contributed by atoms with Gasteiger partial charge < -0.3 is 14.9 Å². The van der Waals surface area contributed by atoms with E-state index < -0.39 is 12.1 Å². The largest absolute Gasteiger partial charge is 0.490 e. The van der Waals surface area contributed by atoms with Gasteiger partial charge in [0.2, 0.25) is 5.91 Å². The first-order chi connectivity index (χ1) is 15.6. The predicted octanol–water partition coefficient (Wildman–Crippen LogP) is 3.00. The molecular formula is C22H19F3N4O4. The number of rotatable bonds is 2. The zero-order chi connectivity index (χ0) is 24.2. The summed E-state index contributed by atoms with van der Waals surface area (Å²) in [4.78, 5) is 42.2. The van der Waals surface area contributed by atoms with Crippen LogP contribution in [0, 0.1) is 11.3 Å². The Hall–Kier alpha value is -3.94. The fourth-order valence-corrected chi connectivity index (χ4v) is 4.00. The Bertz CT molecular complexity index is 1070. The first kappa shape index (κ1) is 23.7. The molecule has 0 aliphatic carbocycles. The third-order valence-electron chi connectivity index (χ3n) is 5.45. The first-order valence-electron chi connectivity index (χ1n) is 9.97. The molecule has 33 heavy (non-hydrogen) atoms. The van der Waals surface area contributed by atoms with Gasteiger partial charge in [-0.3, -0.25) is 14.6 Å². The van der Waals surface area contributed by atoms with Gasteiger partial charge in [0.05, 0.1) is 35.6 Å². The highest BCUT2D eigenvalue weighted by molar-refractivity contribution is 5.97. The van der Waals surface area contributed by atoms with E-state index in [1.165, 1.54) is 0 Å². The second-order valence-corrected chi connectivity index (χ2v) is 7.43. The summed E-state index contributed by atoms with van der Waals surface area (Å²) in [7, 11) is 0. The van der Waals surface area contributed by atoms with Crippen molar-refractivity contribution < 1.29 is 32.7 Å². The third-order valence-corrected chi connectivity index (χ3v) is 5.45. The lowest BCUT2D eigenvalue weighted by Crippen LogP contribution is -2.53. The van der Waals surface area contributed by atoms with Crippen LogP contribution in [0.25, 0.3) is 0 Å². The van der Waals surface area contributed by atoms with Gasteiger partial charge in [-0.2, -0.15) is 18.4 Å². The molecule has 11 heteroatoms. The molecule has 2 aromatic rings. The van der Waals surface area contributed by atoms with Gasteiger partial charge in [0.15, 0.2) is 0 Å². The lowest BCUT2D eigenvalue weighted by atomic mass is 9.95. The van der Waals surface area contributed by atoms with E-state index >= 15 is 0 Å². The van der Waals surface area contributed by atoms with Crippen molar-refractivity contribution in [2.24, 2.45) is 0 Å². The second-order valence-electron chi connectivity index (χ2n) is 7.43. The maximum atomic E-state index is 13.0. The van der Waals surface area contributed by atoms with Gasteiger partial charge in [-0.05, 0) is 49.2 Å². The number of pyridine rings is 1. The van der Waals surface area contributed by atoms with Crippen LogP contribution < -0.4 is 4.90 Å². The SMILES string of the molecule is N#Cc1ccc(C(=O)N2CC[C@H]3[C@@H]2CCC(=O)N3c2cccnc2)cc1.O=C(O)C(F)(F)F. The zero-order valence-electron chi connectivity index (χ0n) is 17.2. The second kappa shape index (κ2) is 9.68. The molecule has 172 valence electrons. The Morgan fingerprint density at radius 3 is 2.33 bits per heavy atom. The van der Waals surface area contributed by atoms with Crippen molar-refractivity contribution in [1.82, 2.24) is 9.88 Å². The Labute approximate surface area is 186 Å². The summed E-state index contributed by atoms with van der Waals surface area (Å²) in [6, 6.07) is 12.5. The fourth-order valence-electron chi connectivity index (χ4n) is 4.00. The number of aromatic nitrogens is 1. The molecule has 4 rings (SSSR count). The van der Waals surface area contributed by atoms with E-state index in [0.717, 1.165) is 12.1 Å². The number of piperidine rings is 1. The molecule has 2 atom stereocenters. The van der Waals surface area contributed by atoms with Crippen LogP contribution in [0.4, 0.5) is 18.9 Å². The number of carbonyl (C=O) groups is 3. The first-order valence-corrected chi connectivity index (χ1v) is 9.97. The number of benzene rings is 1. The highest BCUT2D eigenvalue weighted by Gasteiger charge is 2.45. The summed E-state index contributed by atoms with van der Waals surface area (Å²) in [5, 5.41) is 16.0. The summed E-state index contributed by atoms with van der Waals surface area (Å²) in [5.41, 5.74) is 1.90. The summed E-state index contributed by atoms with van der Waals surface area (Å²) in [6.45, 7) is 0.623. The van der Waals surface area contributed by atoms with Crippen LogP contribution in [-0.4, -0.2) is 57.6 Å². The number of nitriles is 1. The molecule has 1 aromatic heterocycles. The summed E-state index contributed by atoms with van der Waals surface area (Å²) >= 11 is 0. The number of carboxylic acids is 1. The molecule has 0 spiro atoms. The van der Waals surface area contributed by atoms with Gasteiger partial charge >= 0.3 is 12.1 Å². The Morgan fingerprint density at radius 1 is 1.12 bits per heavy atom. The van der Waals surface area contributed by atoms with E-state index in [1.807, 2.05) is 21.9 Å². The van der Waals surface area contributed by atoms with Gasteiger partial charge in [0, 0.05) is 24.7 Å². The molecule has 1 aromatic carbocycles. The van der Waals surface area contributed by atoms with Crippen LogP contribution in [0.3, 0.4) is 0 Å². The maximum absolute atomic E-state index is 13.0. The quantitative estimate of drug-likeness (QED) is 0.737. The van der Waals surface area contributed by atoms with E-state index in [9.17, 15) is 22.8 Å². The van der Waals surface area contributed by atoms with Crippen molar-refractivity contribution in [2.45, 2.75) is 37.5 Å². The van der Waals surface area contributed by atoms with Crippen LogP contribution in [0.5, 0.6) is 0 Å². The predicted molar refractivity (Wildman–Crippen MR) is 109 cm³/mol. The Balaban J connectivity index is 0.000000383. The van der Waals surface area contributed by atoms with E-state index in [-0.39, 0.29) is 23.9 Å². The number of likely N-dealkylation sites (tertiary alicyclic amines) is 1. The van der Waals surface area contributed by atoms with E-state index in [2.05, 4.69) is 11.1 Å². The smallest absolute Gasteiger partial charge is 0.475 e. The van der Waals surface area contributed by atoms with Gasteiger partial charge in [-0.25, -0.2) is 4.79 Å². The molecule has 1 N–H and O–H groups in total. The van der Waals surface area contributed by atoms with Crippen LogP contribution in [-0.2, 0) is 9.59 Å². The number of amides is 2. The lowest BCUT2D eigenvalue weighted by Gasteiger charge is -2.39. The van der Waals surface area contributed by atoms with E-state index in [1.54, 1.807) is 36.7 Å². The number of hydrogen-bond donors (Lipinski definition) is 1. The van der Waals surface area contributed by atoms with Crippen molar-refractivity contribution in [2.75, 3.05) is 11.4 Å². The number of alkyl halides is 3. The van der Waals surface area contributed by atoms with Crippen LogP contribution in [0.2, 0.25) is 0 Å². The molecule has 0 saturated carbocycles. The molecular weight excluding hydrogens is 441 g/mol. The van der Waals surface area contributed by atoms with Crippen molar-refractivity contribution in [3.63, 3.8) is 0 Å². The monoisotopic (exact) mass is 460 g/mol. The molecule has 0 bridgehead atoms. The summed E-state index contributed by atoms with van der Waals surface area (Å²) in [5.74, 6) is -2.71. The van der Waals surface area contributed by atoms with Gasteiger partial charge in [0.1, 0.15) is 0 Å². The van der Waals surface area contributed by atoms with E-state index in [0.29, 0.717) is 30.5 Å². The van der Waals surface area contributed by atoms with Gasteiger partial charge in [-0.15, -0.1) is 0 Å². The lowest BCUT2D eigenvalue weighted by molar-refractivity contribution is -0.192. The van der Waals surface area contributed by atoms with E-state index in [4.69, 9.17) is 15.2 Å². The highest BCUT2D eigenvalue weighted by Crippen LogP contribution is 2.35. The highest BCUT2D eigenvalue weighted by atomic mass is 19.4. The summed E-state index contributed by atoms with van der Waals surface area (Å²) in [6.07, 6.45) is 0.166.